The fourth-order valence-electron chi connectivity index (χ4n) is 3.69. The SMILES string of the molecule is Cn1cnc(C(=O)N2CC3(CCN(S(=O)(=O)c4ccccc4)C3)C2)c1. The molecule has 4 rings (SSSR count). The van der Waals surface area contributed by atoms with Crippen LogP contribution in [0.5, 0.6) is 0 Å². The standard InChI is InChI=1S/C17H20N4O3S/c1-19-9-15(18-13-19)16(22)20-10-17(11-20)7-8-21(12-17)25(23,24)14-5-3-2-4-6-14/h2-6,9,13H,7-8,10-12H2,1H3. The van der Waals surface area contributed by atoms with E-state index in [-0.39, 0.29) is 11.3 Å². The molecule has 7 nitrogen and oxygen atoms in total. The Bertz CT molecular complexity index is 901. The highest BCUT2D eigenvalue weighted by Crippen LogP contribution is 2.41. The molecular formula is C17H20N4O3S. The van der Waals surface area contributed by atoms with E-state index in [2.05, 4.69) is 4.98 Å². The van der Waals surface area contributed by atoms with Gasteiger partial charge in [-0.1, -0.05) is 18.2 Å². The molecule has 8 heteroatoms. The fraction of sp³-hybridized carbons (Fsp3) is 0.412. The Morgan fingerprint density at radius 3 is 2.52 bits per heavy atom. The third-order valence-corrected chi connectivity index (χ3v) is 6.91. The minimum Gasteiger partial charge on any atom is -0.340 e. The number of amides is 1. The number of aryl methyl sites for hydroxylation is 1. The summed E-state index contributed by atoms with van der Waals surface area (Å²) >= 11 is 0. The number of hydrogen-bond donors (Lipinski definition) is 0. The zero-order valence-corrected chi connectivity index (χ0v) is 14.8. The molecule has 2 saturated heterocycles. The van der Waals surface area contributed by atoms with Crippen molar-refractivity contribution in [3.05, 3.63) is 48.5 Å². The zero-order chi connectivity index (χ0) is 17.7. The van der Waals surface area contributed by atoms with Gasteiger partial charge in [0.2, 0.25) is 10.0 Å². The van der Waals surface area contributed by atoms with Gasteiger partial charge in [-0.15, -0.1) is 0 Å². The van der Waals surface area contributed by atoms with Gasteiger partial charge in [0.1, 0.15) is 5.69 Å². The summed E-state index contributed by atoms with van der Waals surface area (Å²) < 4.78 is 28.8. The Morgan fingerprint density at radius 2 is 1.88 bits per heavy atom. The molecule has 1 amide bonds. The summed E-state index contributed by atoms with van der Waals surface area (Å²) in [6.07, 6.45) is 4.09. The number of benzene rings is 1. The largest absolute Gasteiger partial charge is 0.340 e. The van der Waals surface area contributed by atoms with Crippen molar-refractivity contribution in [1.29, 1.82) is 0 Å². The molecule has 1 aromatic heterocycles. The molecule has 0 radical (unpaired) electrons. The highest BCUT2D eigenvalue weighted by atomic mass is 32.2. The fourth-order valence-corrected chi connectivity index (χ4v) is 5.27. The molecule has 2 aromatic rings. The average molecular weight is 360 g/mol. The van der Waals surface area contributed by atoms with Crippen LogP contribution in [0, 0.1) is 5.41 Å². The smallest absolute Gasteiger partial charge is 0.274 e. The van der Waals surface area contributed by atoms with Crippen LogP contribution in [0.4, 0.5) is 0 Å². The van der Waals surface area contributed by atoms with E-state index in [4.69, 9.17) is 0 Å². The lowest BCUT2D eigenvalue weighted by Gasteiger charge is -2.47. The second-order valence-corrected chi connectivity index (χ2v) is 8.93. The zero-order valence-electron chi connectivity index (χ0n) is 14.0. The van der Waals surface area contributed by atoms with Crippen LogP contribution in [0.1, 0.15) is 16.9 Å². The van der Waals surface area contributed by atoms with Gasteiger partial charge in [-0.05, 0) is 18.6 Å². The number of hydrogen-bond acceptors (Lipinski definition) is 4. The van der Waals surface area contributed by atoms with Crippen molar-refractivity contribution in [2.75, 3.05) is 26.2 Å². The van der Waals surface area contributed by atoms with Crippen molar-refractivity contribution in [3.8, 4) is 0 Å². The van der Waals surface area contributed by atoms with Gasteiger partial charge in [-0.2, -0.15) is 4.31 Å². The summed E-state index contributed by atoms with van der Waals surface area (Å²) in [7, 11) is -1.63. The summed E-state index contributed by atoms with van der Waals surface area (Å²) in [5, 5.41) is 0. The Morgan fingerprint density at radius 1 is 1.16 bits per heavy atom. The van der Waals surface area contributed by atoms with E-state index in [0.717, 1.165) is 6.42 Å². The summed E-state index contributed by atoms with van der Waals surface area (Å²) in [4.78, 5) is 18.6. The molecule has 2 aliphatic heterocycles. The number of rotatable bonds is 3. The number of nitrogens with zero attached hydrogens (tertiary/aromatic N) is 4. The highest BCUT2D eigenvalue weighted by Gasteiger charge is 2.52. The maximum Gasteiger partial charge on any atom is 0.274 e. The molecule has 0 bridgehead atoms. The third-order valence-electron chi connectivity index (χ3n) is 5.05. The van der Waals surface area contributed by atoms with Crippen LogP contribution < -0.4 is 0 Å². The second kappa shape index (κ2) is 5.67. The summed E-state index contributed by atoms with van der Waals surface area (Å²) in [5.74, 6) is -0.0874. The Kier molecular flexibility index (Phi) is 3.69. The van der Waals surface area contributed by atoms with Crippen LogP contribution in [0.2, 0.25) is 0 Å². The lowest BCUT2D eigenvalue weighted by atomic mass is 9.79. The topological polar surface area (TPSA) is 75.5 Å². The van der Waals surface area contributed by atoms with Crippen molar-refractivity contribution in [2.24, 2.45) is 12.5 Å². The van der Waals surface area contributed by atoms with Gasteiger partial charge in [0.05, 0.1) is 11.2 Å². The Balaban J connectivity index is 1.43. The minimum absolute atomic E-state index is 0.0874. The van der Waals surface area contributed by atoms with E-state index in [1.165, 1.54) is 0 Å². The molecule has 2 aliphatic rings. The molecule has 0 aliphatic carbocycles. The molecule has 1 spiro atoms. The van der Waals surface area contributed by atoms with E-state index in [1.807, 2.05) is 7.05 Å². The maximum atomic E-state index is 12.7. The molecule has 0 unspecified atom stereocenters. The van der Waals surface area contributed by atoms with Gasteiger partial charge >= 0.3 is 0 Å². The molecule has 132 valence electrons. The van der Waals surface area contributed by atoms with E-state index in [0.29, 0.717) is 36.8 Å². The first-order valence-corrected chi connectivity index (χ1v) is 9.66. The number of imidazole rings is 1. The molecule has 2 fully saturated rings. The van der Waals surface area contributed by atoms with Crippen LogP contribution in [-0.4, -0.2) is 59.3 Å². The molecule has 0 atom stereocenters. The predicted molar refractivity (Wildman–Crippen MR) is 91.4 cm³/mol. The van der Waals surface area contributed by atoms with E-state index < -0.39 is 10.0 Å². The van der Waals surface area contributed by atoms with Crippen molar-refractivity contribution in [3.63, 3.8) is 0 Å². The van der Waals surface area contributed by atoms with E-state index in [1.54, 1.807) is 56.6 Å². The number of aromatic nitrogens is 2. The van der Waals surface area contributed by atoms with Gasteiger partial charge in [-0.25, -0.2) is 13.4 Å². The minimum atomic E-state index is -3.46. The number of sulfonamides is 1. The summed E-state index contributed by atoms with van der Waals surface area (Å²) in [5.41, 5.74) is 0.316. The van der Waals surface area contributed by atoms with Crippen LogP contribution in [0.25, 0.3) is 0 Å². The van der Waals surface area contributed by atoms with Crippen molar-refractivity contribution >= 4 is 15.9 Å². The molecule has 0 saturated carbocycles. The molecular weight excluding hydrogens is 340 g/mol. The van der Waals surface area contributed by atoms with Gasteiger partial charge in [-0.3, -0.25) is 4.79 Å². The summed E-state index contributed by atoms with van der Waals surface area (Å²) in [6.45, 7) is 2.14. The molecule has 0 N–H and O–H groups in total. The first-order chi connectivity index (χ1) is 11.9. The number of carbonyl (C=O) groups excluding carboxylic acids is 1. The van der Waals surface area contributed by atoms with Crippen molar-refractivity contribution < 1.29 is 13.2 Å². The lowest BCUT2D eigenvalue weighted by molar-refractivity contribution is 0.0132. The molecule has 25 heavy (non-hydrogen) atoms. The Hall–Kier alpha value is -2.19. The second-order valence-electron chi connectivity index (χ2n) is 6.99. The van der Waals surface area contributed by atoms with Gasteiger partial charge in [0.15, 0.2) is 0 Å². The van der Waals surface area contributed by atoms with Crippen molar-refractivity contribution in [2.45, 2.75) is 11.3 Å². The van der Waals surface area contributed by atoms with Crippen molar-refractivity contribution in [1.82, 2.24) is 18.8 Å². The summed E-state index contributed by atoms with van der Waals surface area (Å²) in [6, 6.07) is 8.51. The number of carbonyl (C=O) groups is 1. The Labute approximate surface area is 146 Å². The predicted octanol–water partition coefficient (Wildman–Crippen LogP) is 0.957. The van der Waals surface area contributed by atoms with E-state index >= 15 is 0 Å². The lowest BCUT2D eigenvalue weighted by Crippen LogP contribution is -2.59. The van der Waals surface area contributed by atoms with Crippen LogP contribution in [0.15, 0.2) is 47.8 Å². The average Bonchev–Trinajstić information content (AvgIpc) is 3.21. The highest BCUT2D eigenvalue weighted by molar-refractivity contribution is 7.89. The van der Waals surface area contributed by atoms with Crippen LogP contribution in [0.3, 0.4) is 0 Å². The maximum absolute atomic E-state index is 12.7. The number of likely N-dealkylation sites (tertiary alicyclic amines) is 1. The monoisotopic (exact) mass is 360 g/mol. The molecule has 3 heterocycles. The van der Waals surface area contributed by atoms with Gasteiger partial charge < -0.3 is 9.47 Å². The van der Waals surface area contributed by atoms with Gasteiger partial charge in [0.25, 0.3) is 5.91 Å². The molecule has 1 aromatic carbocycles. The first kappa shape index (κ1) is 16.3. The van der Waals surface area contributed by atoms with Crippen LogP contribution >= 0.6 is 0 Å². The normalized spacial score (nSPS) is 20.0. The first-order valence-electron chi connectivity index (χ1n) is 8.22. The third kappa shape index (κ3) is 2.75. The van der Waals surface area contributed by atoms with E-state index in [9.17, 15) is 13.2 Å². The quantitative estimate of drug-likeness (QED) is 0.817. The van der Waals surface area contributed by atoms with Gasteiger partial charge in [0, 0.05) is 44.8 Å². The van der Waals surface area contributed by atoms with Crippen LogP contribution in [-0.2, 0) is 17.1 Å².